The summed E-state index contributed by atoms with van der Waals surface area (Å²) in [7, 11) is 0. The van der Waals surface area contributed by atoms with E-state index in [0.717, 1.165) is 16.4 Å². The molecule has 0 aliphatic heterocycles. The molecule has 6 heteroatoms. The van der Waals surface area contributed by atoms with Crippen molar-refractivity contribution >= 4 is 23.4 Å². The monoisotopic (exact) mass is 330 g/mol. The molecule has 0 radical (unpaired) electrons. The molecule has 122 valence electrons. The van der Waals surface area contributed by atoms with Crippen LogP contribution < -0.4 is 5.32 Å². The molecule has 5 nitrogen and oxygen atoms in total. The number of anilines is 1. The molecule has 23 heavy (non-hydrogen) atoms. The van der Waals surface area contributed by atoms with Crippen molar-refractivity contribution in [3.63, 3.8) is 0 Å². The lowest BCUT2D eigenvalue weighted by Crippen LogP contribution is -2.23. The summed E-state index contributed by atoms with van der Waals surface area (Å²) < 4.78 is 2.08. The highest BCUT2D eigenvalue weighted by Crippen LogP contribution is 2.38. The summed E-state index contributed by atoms with van der Waals surface area (Å²) >= 11 is 1.46. The molecule has 1 saturated carbocycles. The van der Waals surface area contributed by atoms with Crippen LogP contribution in [-0.4, -0.2) is 25.9 Å². The third-order valence-electron chi connectivity index (χ3n) is 3.97. The Morgan fingerprint density at radius 1 is 1.30 bits per heavy atom. The van der Waals surface area contributed by atoms with Crippen LogP contribution in [0.3, 0.4) is 0 Å². The highest BCUT2D eigenvalue weighted by atomic mass is 32.2. The van der Waals surface area contributed by atoms with Crippen LogP contribution in [-0.2, 0) is 4.79 Å². The Hall–Kier alpha value is -1.82. The van der Waals surface area contributed by atoms with E-state index in [9.17, 15) is 4.79 Å². The Bertz CT molecular complexity index is 693. The lowest BCUT2D eigenvalue weighted by Gasteiger charge is -2.16. The van der Waals surface area contributed by atoms with Gasteiger partial charge in [0, 0.05) is 11.7 Å². The van der Waals surface area contributed by atoms with Crippen molar-refractivity contribution < 1.29 is 4.79 Å². The molecule has 1 aromatic heterocycles. The topological polar surface area (TPSA) is 59.8 Å². The van der Waals surface area contributed by atoms with E-state index in [1.165, 1.54) is 24.6 Å². The van der Waals surface area contributed by atoms with Gasteiger partial charge < -0.3 is 9.88 Å². The minimum atomic E-state index is -0.225. The summed E-state index contributed by atoms with van der Waals surface area (Å²) in [6, 6.07) is 8.48. The van der Waals surface area contributed by atoms with E-state index in [1.54, 1.807) is 6.33 Å². The van der Waals surface area contributed by atoms with Crippen LogP contribution in [0.1, 0.15) is 51.1 Å². The van der Waals surface area contributed by atoms with Gasteiger partial charge in [-0.1, -0.05) is 43.8 Å². The molecule has 1 atom stereocenters. The summed E-state index contributed by atoms with van der Waals surface area (Å²) in [5.74, 6) is 0.362. The number of aromatic nitrogens is 3. The number of thioether (sulfide) groups is 1. The fourth-order valence-corrected chi connectivity index (χ4v) is 3.37. The molecule has 1 amide bonds. The summed E-state index contributed by atoms with van der Waals surface area (Å²) in [6.45, 7) is 6.16. The van der Waals surface area contributed by atoms with Crippen LogP contribution in [0.2, 0.25) is 0 Å². The number of hydrogen-bond acceptors (Lipinski definition) is 4. The number of benzene rings is 1. The lowest BCUT2D eigenvalue weighted by atomic mass is 10.0. The minimum Gasteiger partial charge on any atom is -0.325 e. The van der Waals surface area contributed by atoms with Gasteiger partial charge in [-0.2, -0.15) is 0 Å². The first-order valence-corrected chi connectivity index (χ1v) is 8.90. The molecule has 2 aromatic rings. The number of hydrogen-bond donors (Lipinski definition) is 1. The number of amides is 1. The van der Waals surface area contributed by atoms with Crippen molar-refractivity contribution in [2.45, 2.75) is 56.0 Å². The second-order valence-corrected chi connectivity index (χ2v) is 7.55. The quantitative estimate of drug-likeness (QED) is 0.817. The Labute approximate surface area is 140 Å². The molecule has 0 bridgehead atoms. The lowest BCUT2D eigenvalue weighted by molar-refractivity contribution is -0.115. The van der Waals surface area contributed by atoms with Gasteiger partial charge in [-0.05, 0) is 37.3 Å². The molecule has 1 N–H and O–H groups in total. The molecule has 1 unspecified atom stereocenters. The number of carbonyl (C=O) groups is 1. The standard InChI is InChI=1S/C17H22N4OS/c1-11(2)14-6-4-5-7-15(14)19-16(22)12(3)23-17-20-18-10-21(17)13-8-9-13/h4-7,10-13H,8-9H2,1-3H3,(H,19,22). The van der Waals surface area contributed by atoms with Gasteiger partial charge in [0.2, 0.25) is 5.91 Å². The van der Waals surface area contributed by atoms with Crippen LogP contribution in [0.5, 0.6) is 0 Å². The number of para-hydroxylation sites is 1. The van der Waals surface area contributed by atoms with Gasteiger partial charge in [-0.25, -0.2) is 0 Å². The van der Waals surface area contributed by atoms with Gasteiger partial charge >= 0.3 is 0 Å². The largest absolute Gasteiger partial charge is 0.325 e. The van der Waals surface area contributed by atoms with Crippen LogP contribution in [0, 0.1) is 0 Å². The zero-order valence-corrected chi connectivity index (χ0v) is 14.5. The number of carbonyl (C=O) groups excluding carboxylic acids is 1. The molecule has 0 saturated heterocycles. The minimum absolute atomic E-state index is 0.00607. The summed E-state index contributed by atoms with van der Waals surface area (Å²) in [5.41, 5.74) is 2.04. The molecule has 3 rings (SSSR count). The van der Waals surface area contributed by atoms with Gasteiger partial charge in [0.25, 0.3) is 0 Å². The fraction of sp³-hybridized carbons (Fsp3) is 0.471. The SMILES string of the molecule is CC(Sc1nncn1C1CC1)C(=O)Nc1ccccc1C(C)C. The maximum Gasteiger partial charge on any atom is 0.237 e. The van der Waals surface area contributed by atoms with E-state index >= 15 is 0 Å². The second kappa shape index (κ2) is 6.74. The van der Waals surface area contributed by atoms with Crippen molar-refractivity contribution in [2.75, 3.05) is 5.32 Å². The van der Waals surface area contributed by atoms with Crippen molar-refractivity contribution in [2.24, 2.45) is 0 Å². The first-order valence-electron chi connectivity index (χ1n) is 8.02. The Kier molecular flexibility index (Phi) is 4.71. The van der Waals surface area contributed by atoms with Gasteiger partial charge in [-0.3, -0.25) is 4.79 Å². The third kappa shape index (κ3) is 3.75. The van der Waals surface area contributed by atoms with Crippen molar-refractivity contribution in [3.05, 3.63) is 36.2 Å². The zero-order valence-electron chi connectivity index (χ0n) is 13.7. The smallest absolute Gasteiger partial charge is 0.237 e. The first-order chi connectivity index (χ1) is 11.1. The molecular weight excluding hydrogens is 308 g/mol. The highest BCUT2D eigenvalue weighted by molar-refractivity contribution is 8.00. The molecule has 1 aromatic carbocycles. The maximum absolute atomic E-state index is 12.5. The summed E-state index contributed by atoms with van der Waals surface area (Å²) in [6.07, 6.45) is 4.11. The van der Waals surface area contributed by atoms with E-state index in [4.69, 9.17) is 0 Å². The average Bonchev–Trinajstić information content (AvgIpc) is 3.27. The van der Waals surface area contributed by atoms with E-state index in [0.29, 0.717) is 12.0 Å². The number of nitrogens with one attached hydrogen (secondary N) is 1. The molecular formula is C17H22N4OS. The normalized spacial score (nSPS) is 15.7. The van der Waals surface area contributed by atoms with E-state index in [-0.39, 0.29) is 11.2 Å². The van der Waals surface area contributed by atoms with Gasteiger partial charge in [0.1, 0.15) is 6.33 Å². The van der Waals surface area contributed by atoms with Crippen LogP contribution >= 0.6 is 11.8 Å². The first kappa shape index (κ1) is 16.1. The number of nitrogens with zero attached hydrogens (tertiary/aromatic N) is 3. The van der Waals surface area contributed by atoms with Gasteiger partial charge in [0.05, 0.1) is 5.25 Å². The summed E-state index contributed by atoms with van der Waals surface area (Å²) in [4.78, 5) is 12.5. The molecule has 0 spiro atoms. The van der Waals surface area contributed by atoms with E-state index in [2.05, 4.69) is 40.0 Å². The van der Waals surface area contributed by atoms with Gasteiger partial charge in [-0.15, -0.1) is 10.2 Å². The Morgan fingerprint density at radius 3 is 2.74 bits per heavy atom. The van der Waals surface area contributed by atoms with Crippen LogP contribution in [0.15, 0.2) is 35.7 Å². The molecule has 1 fully saturated rings. The summed E-state index contributed by atoms with van der Waals surface area (Å²) in [5, 5.41) is 11.8. The second-order valence-electron chi connectivity index (χ2n) is 6.24. The zero-order chi connectivity index (χ0) is 16.4. The average molecular weight is 330 g/mol. The third-order valence-corrected chi connectivity index (χ3v) is 5.04. The predicted octanol–water partition coefficient (Wildman–Crippen LogP) is 3.86. The van der Waals surface area contributed by atoms with Crippen molar-refractivity contribution in [1.82, 2.24) is 14.8 Å². The molecule has 1 heterocycles. The van der Waals surface area contributed by atoms with E-state index in [1.807, 2.05) is 25.1 Å². The molecule has 1 aliphatic carbocycles. The van der Waals surface area contributed by atoms with Crippen molar-refractivity contribution in [3.8, 4) is 0 Å². The fourth-order valence-electron chi connectivity index (χ4n) is 2.48. The van der Waals surface area contributed by atoms with E-state index < -0.39 is 0 Å². The van der Waals surface area contributed by atoms with Crippen LogP contribution in [0.25, 0.3) is 0 Å². The highest BCUT2D eigenvalue weighted by Gasteiger charge is 2.28. The number of rotatable bonds is 6. The predicted molar refractivity (Wildman–Crippen MR) is 92.8 cm³/mol. The van der Waals surface area contributed by atoms with Gasteiger partial charge in [0.15, 0.2) is 5.16 Å². The Morgan fingerprint density at radius 2 is 2.04 bits per heavy atom. The van der Waals surface area contributed by atoms with Crippen LogP contribution in [0.4, 0.5) is 5.69 Å². The van der Waals surface area contributed by atoms with Crippen molar-refractivity contribution in [1.29, 1.82) is 0 Å². The Balaban J connectivity index is 1.67. The molecule has 1 aliphatic rings. The maximum atomic E-state index is 12.5.